The molecule has 2 nitrogen and oxygen atoms in total. The van der Waals surface area contributed by atoms with Crippen LogP contribution in [0.3, 0.4) is 0 Å². The summed E-state index contributed by atoms with van der Waals surface area (Å²) in [7, 11) is 3.80. The third-order valence-electron chi connectivity index (χ3n) is 2.54. The number of ether oxygens (including phenoxy) is 1. The van der Waals surface area contributed by atoms with Gasteiger partial charge in [-0.3, -0.25) is 0 Å². The van der Waals surface area contributed by atoms with E-state index in [-0.39, 0.29) is 5.41 Å². The third-order valence-corrected chi connectivity index (χ3v) is 4.06. The lowest BCUT2D eigenvalue weighted by Crippen LogP contribution is -2.32. The van der Waals surface area contributed by atoms with Crippen molar-refractivity contribution in [3.63, 3.8) is 0 Å². The second-order valence-corrected chi connectivity index (χ2v) is 5.41. The molecule has 1 aromatic carbocycles. The van der Waals surface area contributed by atoms with E-state index in [1.54, 1.807) is 7.11 Å². The molecule has 1 aromatic rings. The lowest BCUT2D eigenvalue weighted by Gasteiger charge is -2.30. The summed E-state index contributed by atoms with van der Waals surface area (Å²) in [6, 6.07) is 8.16. The zero-order valence-electron chi connectivity index (χ0n) is 10.5. The van der Waals surface area contributed by atoms with E-state index in [0.717, 1.165) is 17.6 Å². The summed E-state index contributed by atoms with van der Waals surface area (Å²) >= 11 is 3.55. The van der Waals surface area contributed by atoms with Crippen molar-refractivity contribution in [2.24, 2.45) is 5.41 Å². The molecule has 0 bridgehead atoms. The second-order valence-electron chi connectivity index (χ2n) is 4.85. The van der Waals surface area contributed by atoms with Gasteiger partial charge in [-0.2, -0.15) is 0 Å². The molecule has 0 saturated heterocycles. The first kappa shape index (κ1) is 13.4. The fraction of sp³-hybridized carbons (Fsp3) is 0.538. The van der Waals surface area contributed by atoms with Gasteiger partial charge < -0.3 is 9.64 Å². The van der Waals surface area contributed by atoms with Gasteiger partial charge in [0.05, 0.1) is 7.11 Å². The average Bonchev–Trinajstić information content (AvgIpc) is 2.28. The highest BCUT2D eigenvalue weighted by atomic mass is 79.9. The Morgan fingerprint density at radius 3 is 2.25 bits per heavy atom. The van der Waals surface area contributed by atoms with Crippen LogP contribution in [0.15, 0.2) is 24.3 Å². The summed E-state index contributed by atoms with van der Waals surface area (Å²) in [5, 5.41) is 1.00. The maximum Gasteiger partial charge on any atom is 0.119 e. The molecule has 0 unspecified atom stereocenters. The predicted molar refractivity (Wildman–Crippen MR) is 73.8 cm³/mol. The van der Waals surface area contributed by atoms with Gasteiger partial charge in [-0.05, 0) is 29.7 Å². The van der Waals surface area contributed by atoms with Gasteiger partial charge in [-0.1, -0.05) is 29.8 Å². The number of methoxy groups -OCH3 is 1. The Kier molecular flexibility index (Phi) is 4.66. The summed E-state index contributed by atoms with van der Waals surface area (Å²) < 4.78 is 5.14. The minimum absolute atomic E-state index is 0.272. The molecule has 16 heavy (non-hydrogen) atoms. The molecule has 0 N–H and O–H groups in total. The predicted octanol–water partition coefficient (Wildman–Crippen LogP) is 3.55. The average molecular weight is 286 g/mol. The summed E-state index contributed by atoms with van der Waals surface area (Å²) in [5.41, 5.74) is 1.49. The number of anilines is 1. The molecule has 0 saturated carbocycles. The summed E-state index contributed by atoms with van der Waals surface area (Å²) in [4.78, 5) is 2.26. The fourth-order valence-corrected chi connectivity index (χ4v) is 1.79. The number of benzene rings is 1. The first-order valence-electron chi connectivity index (χ1n) is 5.40. The van der Waals surface area contributed by atoms with Gasteiger partial charge in [-0.15, -0.1) is 0 Å². The molecule has 0 fully saturated rings. The van der Waals surface area contributed by atoms with Crippen molar-refractivity contribution in [1.29, 1.82) is 0 Å². The van der Waals surface area contributed by atoms with E-state index >= 15 is 0 Å². The third kappa shape index (κ3) is 3.71. The summed E-state index contributed by atoms with van der Waals surface area (Å²) in [6.07, 6.45) is 0. The maximum atomic E-state index is 5.14. The van der Waals surface area contributed by atoms with Crippen LogP contribution < -0.4 is 9.64 Å². The van der Waals surface area contributed by atoms with E-state index in [0.29, 0.717) is 0 Å². The van der Waals surface area contributed by atoms with Crippen molar-refractivity contribution in [3.8, 4) is 5.75 Å². The van der Waals surface area contributed by atoms with Crippen LogP contribution in [0.1, 0.15) is 13.8 Å². The zero-order chi connectivity index (χ0) is 12.2. The molecule has 0 heterocycles. The Morgan fingerprint density at radius 1 is 1.25 bits per heavy atom. The molecule has 90 valence electrons. The van der Waals surface area contributed by atoms with Gasteiger partial charge in [-0.25, -0.2) is 0 Å². The molecule has 0 atom stereocenters. The molecule has 0 aliphatic carbocycles. The first-order valence-corrected chi connectivity index (χ1v) is 6.52. The largest absolute Gasteiger partial charge is 0.497 e. The van der Waals surface area contributed by atoms with Crippen LogP contribution in [-0.4, -0.2) is 26.0 Å². The number of hydrogen-bond donors (Lipinski definition) is 0. The Hall–Kier alpha value is -0.700. The minimum atomic E-state index is 0.272. The number of rotatable bonds is 5. The molecule has 0 spiro atoms. The second kappa shape index (κ2) is 5.58. The van der Waals surface area contributed by atoms with E-state index in [2.05, 4.69) is 53.9 Å². The molecule has 0 aromatic heterocycles. The molecular formula is C13H20BrNO. The van der Waals surface area contributed by atoms with Crippen molar-refractivity contribution in [3.05, 3.63) is 24.3 Å². The van der Waals surface area contributed by atoms with E-state index in [1.807, 2.05) is 12.1 Å². The van der Waals surface area contributed by atoms with Crippen molar-refractivity contribution < 1.29 is 4.74 Å². The number of halogens is 1. The standard InChI is InChI=1S/C13H20BrNO/c1-13(2,9-14)10-15(3)11-5-7-12(16-4)8-6-11/h5-8H,9-10H2,1-4H3. The van der Waals surface area contributed by atoms with E-state index < -0.39 is 0 Å². The van der Waals surface area contributed by atoms with Gasteiger partial charge in [0.25, 0.3) is 0 Å². The van der Waals surface area contributed by atoms with Crippen molar-refractivity contribution in [2.75, 3.05) is 30.9 Å². The fourth-order valence-electron chi connectivity index (χ4n) is 1.61. The highest BCUT2D eigenvalue weighted by Crippen LogP contribution is 2.24. The molecule has 0 aliphatic rings. The van der Waals surface area contributed by atoms with Crippen molar-refractivity contribution >= 4 is 21.6 Å². The summed E-state index contributed by atoms with van der Waals surface area (Å²) in [5.74, 6) is 0.900. The van der Waals surface area contributed by atoms with Crippen LogP contribution >= 0.6 is 15.9 Å². The Balaban J connectivity index is 2.69. The van der Waals surface area contributed by atoms with Gasteiger partial charge in [0.2, 0.25) is 0 Å². The SMILES string of the molecule is COc1ccc(N(C)CC(C)(C)CBr)cc1. The quantitative estimate of drug-likeness (QED) is 0.767. The van der Waals surface area contributed by atoms with Crippen LogP contribution in [0.25, 0.3) is 0 Å². The lowest BCUT2D eigenvalue weighted by atomic mass is 9.96. The van der Waals surface area contributed by atoms with Gasteiger partial charge in [0.15, 0.2) is 0 Å². The number of nitrogens with zero attached hydrogens (tertiary/aromatic N) is 1. The Bertz CT molecular complexity index is 321. The van der Waals surface area contributed by atoms with Crippen LogP contribution in [0.5, 0.6) is 5.75 Å². The lowest BCUT2D eigenvalue weighted by molar-refractivity contribution is 0.414. The Morgan fingerprint density at radius 2 is 1.81 bits per heavy atom. The Labute approximate surface area is 107 Å². The van der Waals surface area contributed by atoms with Crippen LogP contribution in [0, 0.1) is 5.41 Å². The van der Waals surface area contributed by atoms with E-state index in [1.165, 1.54) is 5.69 Å². The molecule has 0 amide bonds. The normalized spacial score (nSPS) is 11.3. The maximum absolute atomic E-state index is 5.14. The van der Waals surface area contributed by atoms with E-state index in [4.69, 9.17) is 4.74 Å². The zero-order valence-corrected chi connectivity index (χ0v) is 12.0. The minimum Gasteiger partial charge on any atom is -0.497 e. The van der Waals surface area contributed by atoms with Crippen LogP contribution in [0.4, 0.5) is 5.69 Å². The molecule has 0 radical (unpaired) electrons. The summed E-state index contributed by atoms with van der Waals surface area (Å²) in [6.45, 7) is 5.52. The number of hydrogen-bond acceptors (Lipinski definition) is 2. The van der Waals surface area contributed by atoms with Gasteiger partial charge >= 0.3 is 0 Å². The van der Waals surface area contributed by atoms with Crippen molar-refractivity contribution in [2.45, 2.75) is 13.8 Å². The van der Waals surface area contributed by atoms with Crippen molar-refractivity contribution in [1.82, 2.24) is 0 Å². The molecule has 1 rings (SSSR count). The van der Waals surface area contributed by atoms with Crippen LogP contribution in [-0.2, 0) is 0 Å². The van der Waals surface area contributed by atoms with E-state index in [9.17, 15) is 0 Å². The highest BCUT2D eigenvalue weighted by Gasteiger charge is 2.18. The van der Waals surface area contributed by atoms with Gasteiger partial charge in [0, 0.05) is 24.6 Å². The molecule has 3 heteroatoms. The molecule has 0 aliphatic heterocycles. The smallest absolute Gasteiger partial charge is 0.119 e. The monoisotopic (exact) mass is 285 g/mol. The topological polar surface area (TPSA) is 12.5 Å². The highest BCUT2D eigenvalue weighted by molar-refractivity contribution is 9.09. The first-order chi connectivity index (χ1) is 7.48. The van der Waals surface area contributed by atoms with Crippen LogP contribution in [0.2, 0.25) is 0 Å². The molecular weight excluding hydrogens is 266 g/mol. The van der Waals surface area contributed by atoms with Gasteiger partial charge in [0.1, 0.15) is 5.75 Å². The number of alkyl halides is 1.